The van der Waals surface area contributed by atoms with Gasteiger partial charge in [-0.25, -0.2) is 13.8 Å². The molecular formula is C23H19F2N3O2S2. The summed E-state index contributed by atoms with van der Waals surface area (Å²) in [4.78, 5) is 35.6. The quantitative estimate of drug-likeness (QED) is 0.318. The first kappa shape index (κ1) is 22.2. The maximum absolute atomic E-state index is 13.3. The van der Waals surface area contributed by atoms with Gasteiger partial charge in [0.1, 0.15) is 16.5 Å². The molecule has 5 nitrogen and oxygen atoms in total. The Balaban J connectivity index is 1.50. The lowest BCUT2D eigenvalue weighted by Crippen LogP contribution is -2.28. The van der Waals surface area contributed by atoms with Crippen molar-refractivity contribution in [3.8, 4) is 11.1 Å². The van der Waals surface area contributed by atoms with Gasteiger partial charge in [-0.3, -0.25) is 9.59 Å². The van der Waals surface area contributed by atoms with E-state index >= 15 is 0 Å². The van der Waals surface area contributed by atoms with Crippen LogP contribution in [0.15, 0.2) is 58.5 Å². The Hall–Kier alpha value is -3.04. The van der Waals surface area contributed by atoms with Gasteiger partial charge >= 0.3 is 0 Å². The third-order valence-corrected chi connectivity index (χ3v) is 6.80. The molecule has 1 amide bonds. The number of thiophene rings is 1. The molecule has 164 valence electrons. The zero-order valence-corrected chi connectivity index (χ0v) is 18.9. The van der Waals surface area contributed by atoms with E-state index in [1.54, 1.807) is 36.2 Å². The predicted molar refractivity (Wildman–Crippen MR) is 124 cm³/mol. The number of hydrogen-bond acceptors (Lipinski definition) is 5. The number of aromatic nitrogens is 2. The Labute approximate surface area is 191 Å². The minimum atomic E-state index is -0.342. The summed E-state index contributed by atoms with van der Waals surface area (Å²) in [5.74, 6) is -0.710. The topological polar surface area (TPSA) is 66.1 Å². The Morgan fingerprint density at radius 3 is 2.38 bits per heavy atom. The van der Waals surface area contributed by atoms with E-state index in [0.717, 1.165) is 33.3 Å². The fourth-order valence-electron chi connectivity index (χ4n) is 3.32. The molecule has 4 aromatic rings. The Bertz CT molecular complexity index is 1330. The average Bonchev–Trinajstić information content (AvgIpc) is 3.10. The second-order valence-corrected chi connectivity index (χ2v) is 9.42. The number of aryl methyl sites for hydroxylation is 1. The van der Waals surface area contributed by atoms with Crippen molar-refractivity contribution in [1.82, 2.24) is 14.9 Å². The zero-order valence-electron chi connectivity index (χ0n) is 17.3. The van der Waals surface area contributed by atoms with E-state index in [1.807, 2.05) is 6.92 Å². The smallest absolute Gasteiger partial charge is 0.260 e. The molecule has 0 aliphatic rings. The van der Waals surface area contributed by atoms with Gasteiger partial charge in [0.2, 0.25) is 5.91 Å². The van der Waals surface area contributed by atoms with E-state index in [0.29, 0.717) is 21.9 Å². The van der Waals surface area contributed by atoms with Crippen LogP contribution in [-0.2, 0) is 11.3 Å². The number of carbonyl (C=O) groups is 1. The zero-order chi connectivity index (χ0) is 22.8. The van der Waals surface area contributed by atoms with Crippen LogP contribution in [0.4, 0.5) is 8.78 Å². The van der Waals surface area contributed by atoms with Crippen LogP contribution < -0.4 is 5.56 Å². The molecule has 1 N–H and O–H groups in total. The second kappa shape index (κ2) is 9.22. The summed E-state index contributed by atoms with van der Waals surface area (Å²) in [6, 6.07) is 12.0. The number of halogens is 2. The van der Waals surface area contributed by atoms with Gasteiger partial charge < -0.3 is 9.88 Å². The first-order valence-corrected chi connectivity index (χ1v) is 11.5. The van der Waals surface area contributed by atoms with Gasteiger partial charge in [0.15, 0.2) is 5.16 Å². The van der Waals surface area contributed by atoms with Crippen LogP contribution in [0.2, 0.25) is 0 Å². The number of benzene rings is 2. The lowest BCUT2D eigenvalue weighted by Gasteiger charge is -2.17. The molecule has 0 saturated heterocycles. The largest absolute Gasteiger partial charge is 0.341 e. The summed E-state index contributed by atoms with van der Waals surface area (Å²) in [6.07, 6.45) is 0. The van der Waals surface area contributed by atoms with Gasteiger partial charge in [-0.15, -0.1) is 11.3 Å². The van der Waals surface area contributed by atoms with Crippen molar-refractivity contribution in [2.75, 3.05) is 12.8 Å². The molecule has 2 aromatic heterocycles. The summed E-state index contributed by atoms with van der Waals surface area (Å²) in [7, 11) is 1.67. The molecule has 0 atom stereocenters. The molecule has 0 saturated carbocycles. The molecule has 0 aliphatic heterocycles. The molecule has 2 heterocycles. The van der Waals surface area contributed by atoms with Crippen molar-refractivity contribution in [3.05, 3.63) is 81.0 Å². The van der Waals surface area contributed by atoms with Crippen molar-refractivity contribution in [3.63, 3.8) is 0 Å². The normalized spacial score (nSPS) is 11.1. The van der Waals surface area contributed by atoms with Crippen LogP contribution in [0.25, 0.3) is 21.3 Å². The molecule has 9 heteroatoms. The van der Waals surface area contributed by atoms with Crippen molar-refractivity contribution < 1.29 is 13.6 Å². The fourth-order valence-corrected chi connectivity index (χ4v) is 5.23. The molecular weight excluding hydrogens is 452 g/mol. The van der Waals surface area contributed by atoms with Crippen LogP contribution in [0.3, 0.4) is 0 Å². The lowest BCUT2D eigenvalue weighted by atomic mass is 10.0. The van der Waals surface area contributed by atoms with Gasteiger partial charge in [0.05, 0.1) is 11.1 Å². The summed E-state index contributed by atoms with van der Waals surface area (Å²) in [6.45, 7) is 2.25. The highest BCUT2D eigenvalue weighted by Crippen LogP contribution is 2.36. The highest BCUT2D eigenvalue weighted by atomic mass is 32.2. The standard InChI is InChI=1S/C23H19F2N3O2S2/c1-13-19(15-5-9-17(25)10-6-15)20-21(30)26-23(27-22(20)32-13)31-12-18(29)28(2)11-14-3-7-16(24)8-4-14/h3-10H,11-12H2,1-2H3,(H,26,27,30). The van der Waals surface area contributed by atoms with E-state index in [-0.39, 0.29) is 28.9 Å². The SMILES string of the molecule is Cc1sc2nc(SCC(=O)N(C)Cc3ccc(F)cc3)[nH]c(=O)c2c1-c1ccc(F)cc1. The van der Waals surface area contributed by atoms with Crippen LogP contribution >= 0.6 is 23.1 Å². The molecule has 0 bridgehead atoms. The summed E-state index contributed by atoms with van der Waals surface area (Å²) < 4.78 is 26.3. The molecule has 2 aromatic carbocycles. The minimum absolute atomic E-state index is 0.0985. The number of thioether (sulfide) groups is 1. The highest BCUT2D eigenvalue weighted by Gasteiger charge is 2.18. The predicted octanol–water partition coefficient (Wildman–Crippen LogP) is 4.99. The van der Waals surface area contributed by atoms with Crippen LogP contribution in [-0.4, -0.2) is 33.6 Å². The molecule has 0 unspecified atom stereocenters. The number of nitrogens with one attached hydrogen (secondary N) is 1. The summed E-state index contributed by atoms with van der Waals surface area (Å²) in [5, 5.41) is 0.821. The van der Waals surface area contributed by atoms with E-state index in [9.17, 15) is 18.4 Å². The highest BCUT2D eigenvalue weighted by molar-refractivity contribution is 7.99. The number of H-pyrrole nitrogens is 1. The molecule has 0 radical (unpaired) electrons. The number of fused-ring (bicyclic) bond motifs is 1. The third kappa shape index (κ3) is 4.73. The number of carbonyl (C=O) groups excluding carboxylic acids is 1. The van der Waals surface area contributed by atoms with Crippen LogP contribution in [0.1, 0.15) is 10.4 Å². The molecule has 0 aliphatic carbocycles. The van der Waals surface area contributed by atoms with Crippen LogP contribution in [0.5, 0.6) is 0 Å². The first-order valence-electron chi connectivity index (χ1n) is 9.72. The van der Waals surface area contributed by atoms with Gasteiger partial charge in [-0.1, -0.05) is 36.0 Å². The third-order valence-electron chi connectivity index (χ3n) is 4.94. The molecule has 0 spiro atoms. The van der Waals surface area contributed by atoms with Crippen LogP contribution in [0, 0.1) is 18.6 Å². The monoisotopic (exact) mass is 471 g/mol. The lowest BCUT2D eigenvalue weighted by molar-refractivity contribution is -0.127. The minimum Gasteiger partial charge on any atom is -0.341 e. The van der Waals surface area contributed by atoms with Gasteiger partial charge in [-0.2, -0.15) is 0 Å². The van der Waals surface area contributed by atoms with Gasteiger partial charge in [0.25, 0.3) is 5.56 Å². The second-order valence-electron chi connectivity index (χ2n) is 7.26. The van der Waals surface area contributed by atoms with E-state index < -0.39 is 0 Å². The van der Waals surface area contributed by atoms with E-state index in [1.165, 1.54) is 35.6 Å². The molecule has 4 rings (SSSR count). The summed E-state index contributed by atoms with van der Waals surface area (Å²) in [5.41, 5.74) is 2.02. The number of hydrogen-bond donors (Lipinski definition) is 1. The van der Waals surface area contributed by atoms with E-state index in [4.69, 9.17) is 0 Å². The van der Waals surface area contributed by atoms with E-state index in [2.05, 4.69) is 9.97 Å². The average molecular weight is 472 g/mol. The van der Waals surface area contributed by atoms with Crippen molar-refractivity contribution in [2.24, 2.45) is 0 Å². The fraction of sp³-hybridized carbons (Fsp3) is 0.174. The number of nitrogens with zero attached hydrogens (tertiary/aromatic N) is 2. The maximum Gasteiger partial charge on any atom is 0.260 e. The number of rotatable bonds is 6. The Kier molecular flexibility index (Phi) is 6.38. The first-order chi connectivity index (χ1) is 15.3. The Morgan fingerprint density at radius 2 is 1.72 bits per heavy atom. The van der Waals surface area contributed by atoms with Crippen molar-refractivity contribution in [2.45, 2.75) is 18.6 Å². The summed E-state index contributed by atoms with van der Waals surface area (Å²) >= 11 is 2.54. The Morgan fingerprint density at radius 1 is 1.09 bits per heavy atom. The number of aromatic amines is 1. The van der Waals surface area contributed by atoms with Crippen molar-refractivity contribution in [1.29, 1.82) is 0 Å². The van der Waals surface area contributed by atoms with Gasteiger partial charge in [0, 0.05) is 24.0 Å². The molecule has 0 fully saturated rings. The maximum atomic E-state index is 13.3. The van der Waals surface area contributed by atoms with Crippen molar-refractivity contribution >= 4 is 39.2 Å². The number of amides is 1. The molecule has 32 heavy (non-hydrogen) atoms. The van der Waals surface area contributed by atoms with Gasteiger partial charge in [-0.05, 0) is 42.3 Å².